The average Bonchev–Trinajstić information content (AvgIpc) is 3.05. The number of aromatic nitrogens is 4. The number of pyridine rings is 1. The Bertz CT molecular complexity index is 716. The number of anilines is 1. The van der Waals surface area contributed by atoms with Gasteiger partial charge in [0.2, 0.25) is 0 Å². The summed E-state index contributed by atoms with van der Waals surface area (Å²) in [6, 6.07) is 3.94. The molecule has 0 aromatic carbocycles. The molecule has 0 spiro atoms. The van der Waals surface area contributed by atoms with Crippen molar-refractivity contribution in [1.82, 2.24) is 19.5 Å². The van der Waals surface area contributed by atoms with E-state index in [2.05, 4.69) is 25.6 Å². The minimum Gasteiger partial charge on any atom is -0.376 e. The van der Waals surface area contributed by atoms with Gasteiger partial charge in [0.05, 0.1) is 22.9 Å². The lowest BCUT2D eigenvalue weighted by molar-refractivity contribution is 0.927. The average molecular weight is 285 g/mol. The maximum absolute atomic E-state index is 4.45. The second kappa shape index (κ2) is 5.42. The Kier molecular flexibility index (Phi) is 3.47. The Labute approximate surface area is 121 Å². The van der Waals surface area contributed by atoms with Crippen molar-refractivity contribution in [3.63, 3.8) is 0 Å². The summed E-state index contributed by atoms with van der Waals surface area (Å²) in [5.41, 5.74) is 2.02. The van der Waals surface area contributed by atoms with Crippen LogP contribution in [0.5, 0.6) is 0 Å². The molecule has 0 aliphatic heterocycles. The van der Waals surface area contributed by atoms with E-state index >= 15 is 0 Å². The largest absolute Gasteiger partial charge is 0.376 e. The van der Waals surface area contributed by atoms with Gasteiger partial charge in [-0.15, -0.1) is 11.3 Å². The molecule has 1 N–H and O–H groups in total. The topological polar surface area (TPSA) is 55.6 Å². The second-order valence-corrected chi connectivity index (χ2v) is 5.49. The molecular weight excluding hydrogens is 270 g/mol. The highest BCUT2D eigenvalue weighted by Gasteiger charge is 2.08. The van der Waals surface area contributed by atoms with Gasteiger partial charge in [0.15, 0.2) is 5.82 Å². The summed E-state index contributed by atoms with van der Waals surface area (Å²) in [6.45, 7) is 4.66. The lowest BCUT2D eigenvalue weighted by atomic mass is 10.3. The number of thiazole rings is 1. The Morgan fingerprint density at radius 1 is 1.25 bits per heavy atom. The van der Waals surface area contributed by atoms with Gasteiger partial charge in [-0.1, -0.05) is 0 Å². The van der Waals surface area contributed by atoms with E-state index in [9.17, 15) is 0 Å². The van der Waals surface area contributed by atoms with Gasteiger partial charge in [0.1, 0.15) is 5.82 Å². The highest BCUT2D eigenvalue weighted by Crippen LogP contribution is 2.19. The van der Waals surface area contributed by atoms with Crippen molar-refractivity contribution < 1.29 is 0 Å². The van der Waals surface area contributed by atoms with Crippen LogP contribution in [0, 0.1) is 13.8 Å². The molecule has 6 heteroatoms. The fourth-order valence-electron chi connectivity index (χ4n) is 2.00. The SMILES string of the molecule is Cc1nc(CNc2cccnc2-n2ccnc2C)cs1. The van der Waals surface area contributed by atoms with Crippen LogP contribution in [0.1, 0.15) is 16.5 Å². The minimum absolute atomic E-state index is 0.691. The normalized spacial score (nSPS) is 10.7. The summed E-state index contributed by atoms with van der Waals surface area (Å²) < 4.78 is 1.97. The van der Waals surface area contributed by atoms with E-state index in [1.54, 1.807) is 23.7 Å². The van der Waals surface area contributed by atoms with Crippen LogP contribution in [-0.2, 0) is 6.54 Å². The maximum atomic E-state index is 4.45. The fraction of sp³-hybridized carbons (Fsp3) is 0.214. The summed E-state index contributed by atoms with van der Waals surface area (Å²) in [7, 11) is 0. The Morgan fingerprint density at radius 3 is 2.85 bits per heavy atom. The van der Waals surface area contributed by atoms with Gasteiger partial charge in [0.25, 0.3) is 0 Å². The van der Waals surface area contributed by atoms with Crippen LogP contribution in [0.3, 0.4) is 0 Å². The molecule has 0 bridgehead atoms. The first-order valence-electron chi connectivity index (χ1n) is 6.34. The Hall–Kier alpha value is -2.21. The molecule has 0 fully saturated rings. The summed E-state index contributed by atoms with van der Waals surface area (Å²) >= 11 is 1.66. The summed E-state index contributed by atoms with van der Waals surface area (Å²) in [5.74, 6) is 1.77. The number of hydrogen-bond acceptors (Lipinski definition) is 5. The second-order valence-electron chi connectivity index (χ2n) is 4.43. The first-order chi connectivity index (χ1) is 9.74. The van der Waals surface area contributed by atoms with Crippen LogP contribution in [0.4, 0.5) is 5.69 Å². The van der Waals surface area contributed by atoms with Crippen molar-refractivity contribution in [2.45, 2.75) is 20.4 Å². The smallest absolute Gasteiger partial charge is 0.161 e. The van der Waals surface area contributed by atoms with E-state index in [-0.39, 0.29) is 0 Å². The van der Waals surface area contributed by atoms with Gasteiger partial charge in [-0.25, -0.2) is 15.0 Å². The van der Waals surface area contributed by atoms with Gasteiger partial charge in [-0.3, -0.25) is 4.57 Å². The van der Waals surface area contributed by atoms with Gasteiger partial charge in [-0.2, -0.15) is 0 Å². The molecule has 3 heterocycles. The van der Waals surface area contributed by atoms with Crippen molar-refractivity contribution in [3.8, 4) is 5.82 Å². The van der Waals surface area contributed by atoms with Gasteiger partial charge >= 0.3 is 0 Å². The Morgan fingerprint density at radius 2 is 2.15 bits per heavy atom. The zero-order valence-corrected chi connectivity index (χ0v) is 12.2. The third-order valence-corrected chi connectivity index (χ3v) is 3.79. The lowest BCUT2D eigenvalue weighted by Gasteiger charge is -2.11. The van der Waals surface area contributed by atoms with Crippen LogP contribution in [0.15, 0.2) is 36.1 Å². The van der Waals surface area contributed by atoms with E-state index in [1.807, 2.05) is 36.7 Å². The number of imidazole rings is 1. The van der Waals surface area contributed by atoms with E-state index in [0.717, 1.165) is 28.0 Å². The molecular formula is C14H15N5S. The van der Waals surface area contributed by atoms with E-state index < -0.39 is 0 Å². The fourth-order valence-corrected chi connectivity index (χ4v) is 2.62. The monoisotopic (exact) mass is 285 g/mol. The molecule has 0 aliphatic carbocycles. The van der Waals surface area contributed by atoms with E-state index in [1.165, 1.54) is 0 Å². The molecule has 3 aromatic rings. The molecule has 3 rings (SSSR count). The summed E-state index contributed by atoms with van der Waals surface area (Å²) in [5, 5.41) is 6.54. The van der Waals surface area contributed by atoms with Gasteiger partial charge < -0.3 is 5.32 Å². The molecule has 0 aliphatic rings. The molecule has 5 nitrogen and oxygen atoms in total. The summed E-state index contributed by atoms with van der Waals surface area (Å²) in [6.07, 6.45) is 5.47. The molecule has 3 aromatic heterocycles. The highest BCUT2D eigenvalue weighted by atomic mass is 32.1. The van der Waals surface area contributed by atoms with Crippen LogP contribution >= 0.6 is 11.3 Å². The molecule has 0 saturated carbocycles. The molecule has 0 saturated heterocycles. The molecule has 102 valence electrons. The number of aryl methyl sites for hydroxylation is 2. The highest BCUT2D eigenvalue weighted by molar-refractivity contribution is 7.09. The molecule has 0 radical (unpaired) electrons. The van der Waals surface area contributed by atoms with Crippen molar-refractivity contribution in [2.75, 3.05) is 5.32 Å². The van der Waals surface area contributed by atoms with E-state index in [4.69, 9.17) is 0 Å². The third-order valence-electron chi connectivity index (χ3n) is 2.97. The quantitative estimate of drug-likeness (QED) is 0.800. The zero-order chi connectivity index (χ0) is 13.9. The van der Waals surface area contributed by atoms with Crippen molar-refractivity contribution in [3.05, 3.63) is 52.6 Å². The summed E-state index contributed by atoms with van der Waals surface area (Å²) in [4.78, 5) is 13.1. The van der Waals surface area contributed by atoms with Crippen molar-refractivity contribution >= 4 is 17.0 Å². The minimum atomic E-state index is 0.691. The number of nitrogens with one attached hydrogen (secondary N) is 1. The Balaban J connectivity index is 1.85. The molecule has 20 heavy (non-hydrogen) atoms. The van der Waals surface area contributed by atoms with Crippen LogP contribution in [0.2, 0.25) is 0 Å². The number of rotatable bonds is 4. The van der Waals surface area contributed by atoms with Crippen molar-refractivity contribution in [2.24, 2.45) is 0 Å². The van der Waals surface area contributed by atoms with Crippen LogP contribution in [-0.4, -0.2) is 19.5 Å². The standard InChI is InChI=1S/C14H15N5S/c1-10-15-6-7-19(10)14-13(4-3-5-16-14)17-8-12-9-20-11(2)18-12/h3-7,9,17H,8H2,1-2H3. The molecule has 0 unspecified atom stereocenters. The number of hydrogen-bond donors (Lipinski definition) is 1. The van der Waals surface area contributed by atoms with Crippen molar-refractivity contribution in [1.29, 1.82) is 0 Å². The van der Waals surface area contributed by atoms with Crippen LogP contribution < -0.4 is 5.32 Å². The van der Waals surface area contributed by atoms with Gasteiger partial charge in [0, 0.05) is 24.0 Å². The maximum Gasteiger partial charge on any atom is 0.161 e. The zero-order valence-electron chi connectivity index (χ0n) is 11.4. The first kappa shape index (κ1) is 12.8. The van der Waals surface area contributed by atoms with Gasteiger partial charge in [-0.05, 0) is 26.0 Å². The third kappa shape index (κ3) is 2.55. The number of nitrogens with zero attached hydrogens (tertiary/aromatic N) is 4. The molecule has 0 amide bonds. The predicted molar refractivity (Wildman–Crippen MR) is 80.3 cm³/mol. The lowest BCUT2D eigenvalue weighted by Crippen LogP contribution is -2.07. The first-order valence-corrected chi connectivity index (χ1v) is 7.22. The van der Waals surface area contributed by atoms with Crippen LogP contribution in [0.25, 0.3) is 5.82 Å². The van der Waals surface area contributed by atoms with E-state index in [0.29, 0.717) is 6.54 Å². The predicted octanol–water partition coefficient (Wildman–Crippen LogP) is 2.95. The molecule has 0 atom stereocenters.